The number of amides is 1. The average Bonchev–Trinajstić information content (AvgIpc) is 3.36. The van der Waals surface area contributed by atoms with E-state index in [0.29, 0.717) is 13.1 Å². The second-order valence-corrected chi connectivity index (χ2v) is 8.18. The first-order valence-electron chi connectivity index (χ1n) is 9.53. The summed E-state index contributed by atoms with van der Waals surface area (Å²) < 4.78 is 5.51. The standard InChI is InChI=1S/C22H24N2O2S/c25-22(23-21-11-3-7-17-6-1-2-10-20(17)21)16-24(14-18-8-4-12-26-18)15-19-9-5-13-27-19/h1-2,4-6,8-10,12-13,21H,3,7,11,14-16H2,(H,23,25)/p+1/t21-/m0/s1. The minimum atomic E-state index is 0.106. The quantitative estimate of drug-likeness (QED) is 0.661. The van der Waals surface area contributed by atoms with Crippen LogP contribution in [0, 0.1) is 0 Å². The number of furan rings is 1. The molecule has 140 valence electrons. The molecule has 0 spiro atoms. The molecule has 2 aromatic heterocycles. The Labute approximate surface area is 163 Å². The maximum atomic E-state index is 12.8. The van der Waals surface area contributed by atoms with E-state index in [9.17, 15) is 4.79 Å². The Morgan fingerprint density at radius 3 is 2.89 bits per heavy atom. The first-order chi connectivity index (χ1) is 13.3. The number of rotatable bonds is 7. The van der Waals surface area contributed by atoms with Gasteiger partial charge in [0, 0.05) is 0 Å². The number of carbonyl (C=O) groups excluding carboxylic acids is 1. The second-order valence-electron chi connectivity index (χ2n) is 7.15. The van der Waals surface area contributed by atoms with Crippen molar-refractivity contribution in [3.8, 4) is 0 Å². The minimum Gasteiger partial charge on any atom is -0.463 e. The van der Waals surface area contributed by atoms with Gasteiger partial charge in [0.25, 0.3) is 5.91 Å². The van der Waals surface area contributed by atoms with Gasteiger partial charge in [-0.1, -0.05) is 30.3 Å². The van der Waals surface area contributed by atoms with Gasteiger partial charge in [0.1, 0.15) is 13.1 Å². The Balaban J connectivity index is 1.42. The van der Waals surface area contributed by atoms with Gasteiger partial charge >= 0.3 is 0 Å². The van der Waals surface area contributed by atoms with Crippen molar-refractivity contribution in [1.29, 1.82) is 0 Å². The van der Waals surface area contributed by atoms with E-state index in [1.165, 1.54) is 20.9 Å². The lowest BCUT2D eigenvalue weighted by molar-refractivity contribution is -0.920. The zero-order valence-electron chi connectivity index (χ0n) is 15.3. The number of benzene rings is 1. The fourth-order valence-corrected chi connectivity index (χ4v) is 4.66. The summed E-state index contributed by atoms with van der Waals surface area (Å²) in [6, 6.07) is 16.7. The summed E-state index contributed by atoms with van der Waals surface area (Å²) in [7, 11) is 0. The van der Waals surface area contributed by atoms with Crippen LogP contribution in [0.5, 0.6) is 0 Å². The Kier molecular flexibility index (Phi) is 5.70. The third kappa shape index (κ3) is 4.67. The smallest absolute Gasteiger partial charge is 0.275 e. The second kappa shape index (κ2) is 8.55. The van der Waals surface area contributed by atoms with Gasteiger partial charge in [-0.05, 0) is 54.0 Å². The number of quaternary nitrogens is 1. The molecule has 1 amide bonds. The molecular formula is C22H25N2O2S+. The van der Waals surface area contributed by atoms with Gasteiger partial charge < -0.3 is 14.6 Å². The van der Waals surface area contributed by atoms with Crippen molar-refractivity contribution < 1.29 is 14.1 Å². The fraction of sp³-hybridized carbons (Fsp3) is 0.318. The van der Waals surface area contributed by atoms with Crippen LogP contribution in [0.1, 0.15) is 40.6 Å². The molecule has 2 atom stereocenters. The number of fused-ring (bicyclic) bond motifs is 1. The number of aryl methyl sites for hydroxylation is 1. The van der Waals surface area contributed by atoms with E-state index in [-0.39, 0.29) is 11.9 Å². The zero-order chi connectivity index (χ0) is 18.5. The van der Waals surface area contributed by atoms with Crippen LogP contribution in [0.2, 0.25) is 0 Å². The van der Waals surface area contributed by atoms with Crippen LogP contribution in [0.3, 0.4) is 0 Å². The van der Waals surface area contributed by atoms with Crippen molar-refractivity contribution in [2.75, 3.05) is 6.54 Å². The summed E-state index contributed by atoms with van der Waals surface area (Å²) in [5.41, 5.74) is 2.65. The van der Waals surface area contributed by atoms with E-state index < -0.39 is 0 Å². The van der Waals surface area contributed by atoms with E-state index >= 15 is 0 Å². The molecule has 0 saturated carbocycles. The van der Waals surface area contributed by atoms with E-state index in [4.69, 9.17) is 4.42 Å². The van der Waals surface area contributed by atoms with Crippen molar-refractivity contribution in [2.45, 2.75) is 38.4 Å². The molecule has 5 heteroatoms. The Morgan fingerprint density at radius 1 is 1.15 bits per heavy atom. The fourth-order valence-electron chi connectivity index (χ4n) is 3.88. The normalized spacial score (nSPS) is 17.3. The lowest BCUT2D eigenvalue weighted by atomic mass is 9.88. The monoisotopic (exact) mass is 381 g/mol. The maximum absolute atomic E-state index is 12.8. The summed E-state index contributed by atoms with van der Waals surface area (Å²) in [6.45, 7) is 1.98. The van der Waals surface area contributed by atoms with Crippen molar-refractivity contribution >= 4 is 17.2 Å². The van der Waals surface area contributed by atoms with Crippen molar-refractivity contribution in [3.05, 3.63) is 81.9 Å². The molecule has 0 bridgehead atoms. The molecule has 1 aliphatic rings. The van der Waals surface area contributed by atoms with Gasteiger partial charge in [-0.25, -0.2) is 0 Å². The van der Waals surface area contributed by atoms with Crippen molar-refractivity contribution in [1.82, 2.24) is 5.32 Å². The van der Waals surface area contributed by atoms with Crippen LogP contribution in [0.4, 0.5) is 0 Å². The molecule has 27 heavy (non-hydrogen) atoms. The highest BCUT2D eigenvalue weighted by atomic mass is 32.1. The highest BCUT2D eigenvalue weighted by Gasteiger charge is 2.24. The number of hydrogen-bond acceptors (Lipinski definition) is 3. The summed E-state index contributed by atoms with van der Waals surface area (Å²) >= 11 is 1.73. The molecule has 4 nitrogen and oxygen atoms in total. The third-order valence-electron chi connectivity index (χ3n) is 5.12. The van der Waals surface area contributed by atoms with Crippen LogP contribution in [-0.4, -0.2) is 12.5 Å². The molecule has 0 saturated heterocycles. The lowest BCUT2D eigenvalue weighted by Crippen LogP contribution is -3.10. The molecule has 1 unspecified atom stereocenters. The van der Waals surface area contributed by atoms with Crippen molar-refractivity contribution in [3.63, 3.8) is 0 Å². The first-order valence-corrected chi connectivity index (χ1v) is 10.4. The zero-order valence-corrected chi connectivity index (χ0v) is 16.1. The largest absolute Gasteiger partial charge is 0.463 e. The van der Waals surface area contributed by atoms with Gasteiger partial charge in [0.2, 0.25) is 0 Å². The number of carbonyl (C=O) groups is 1. The number of hydrogen-bond donors (Lipinski definition) is 2. The summed E-state index contributed by atoms with van der Waals surface area (Å²) in [4.78, 5) is 15.3. The van der Waals surface area contributed by atoms with E-state index in [0.717, 1.165) is 31.6 Å². The number of nitrogens with one attached hydrogen (secondary N) is 2. The van der Waals surface area contributed by atoms with Crippen LogP contribution < -0.4 is 10.2 Å². The minimum absolute atomic E-state index is 0.106. The predicted molar refractivity (Wildman–Crippen MR) is 107 cm³/mol. The van der Waals surface area contributed by atoms with Gasteiger partial charge in [-0.15, -0.1) is 11.3 Å². The summed E-state index contributed by atoms with van der Waals surface area (Å²) in [5.74, 6) is 1.02. The molecule has 0 aliphatic heterocycles. The molecule has 2 N–H and O–H groups in total. The summed E-state index contributed by atoms with van der Waals surface area (Å²) in [6.07, 6.45) is 4.94. The number of thiophene rings is 1. The molecule has 1 aliphatic carbocycles. The van der Waals surface area contributed by atoms with E-state index in [1.807, 2.05) is 12.1 Å². The van der Waals surface area contributed by atoms with Crippen LogP contribution in [0.15, 0.2) is 64.6 Å². The van der Waals surface area contributed by atoms with Crippen LogP contribution >= 0.6 is 11.3 Å². The molecule has 0 radical (unpaired) electrons. The molecular weight excluding hydrogens is 356 g/mol. The van der Waals surface area contributed by atoms with E-state index in [1.54, 1.807) is 17.6 Å². The topological polar surface area (TPSA) is 46.7 Å². The molecule has 1 aromatic carbocycles. The van der Waals surface area contributed by atoms with Gasteiger partial charge in [0.05, 0.1) is 17.2 Å². The third-order valence-corrected chi connectivity index (χ3v) is 6.00. The van der Waals surface area contributed by atoms with E-state index in [2.05, 4.69) is 47.1 Å². The highest BCUT2D eigenvalue weighted by Crippen LogP contribution is 2.29. The molecule has 4 rings (SSSR count). The molecule has 2 heterocycles. The highest BCUT2D eigenvalue weighted by molar-refractivity contribution is 7.09. The Morgan fingerprint density at radius 2 is 2.07 bits per heavy atom. The maximum Gasteiger partial charge on any atom is 0.275 e. The Hall–Kier alpha value is -2.37. The van der Waals surface area contributed by atoms with Gasteiger partial charge in [-0.3, -0.25) is 4.79 Å². The Bertz CT molecular complexity index is 822. The average molecular weight is 382 g/mol. The lowest BCUT2D eigenvalue weighted by Gasteiger charge is -2.27. The van der Waals surface area contributed by atoms with Gasteiger partial charge in [0.15, 0.2) is 12.3 Å². The molecule has 3 aromatic rings. The van der Waals surface area contributed by atoms with Crippen LogP contribution in [0.25, 0.3) is 0 Å². The van der Waals surface area contributed by atoms with Crippen LogP contribution in [-0.2, 0) is 24.3 Å². The predicted octanol–water partition coefficient (Wildman–Crippen LogP) is 3.12. The SMILES string of the molecule is O=C(C[NH+](Cc1ccco1)Cc1cccs1)N[C@H]1CCCc2ccccc21. The summed E-state index contributed by atoms with van der Waals surface area (Å²) in [5, 5.41) is 5.36. The first kappa shape index (κ1) is 18.0. The van der Waals surface area contributed by atoms with Gasteiger partial charge in [-0.2, -0.15) is 0 Å². The van der Waals surface area contributed by atoms with Crippen molar-refractivity contribution in [2.24, 2.45) is 0 Å². The molecule has 0 fully saturated rings.